The molecule has 1 aliphatic rings. The molecule has 118 valence electrons. The number of rotatable bonds is 4. The highest BCUT2D eigenvalue weighted by atomic mass is 32.2. The van der Waals surface area contributed by atoms with Crippen LogP contribution in [-0.4, -0.2) is 55.8 Å². The van der Waals surface area contributed by atoms with Crippen LogP contribution in [0.2, 0.25) is 0 Å². The minimum absolute atomic E-state index is 0.361. The third kappa shape index (κ3) is 3.28. The zero-order valence-corrected chi connectivity index (χ0v) is 14.1. The average Bonchev–Trinajstić information content (AvgIpc) is 2.77. The van der Waals surface area contributed by atoms with Gasteiger partial charge >= 0.3 is 0 Å². The summed E-state index contributed by atoms with van der Waals surface area (Å²) in [5.74, 6) is -0.379. The molecular weight excluding hydrogens is 310 g/mol. The summed E-state index contributed by atoms with van der Waals surface area (Å²) in [5.41, 5.74) is 5.29. The lowest BCUT2D eigenvalue weighted by Crippen LogP contribution is -2.54. The van der Waals surface area contributed by atoms with Crippen LogP contribution < -0.4 is 5.73 Å². The number of hydrogen-bond acceptors (Lipinski definition) is 5. The van der Waals surface area contributed by atoms with Gasteiger partial charge in [-0.15, -0.1) is 11.3 Å². The van der Waals surface area contributed by atoms with Gasteiger partial charge in [-0.25, -0.2) is 8.42 Å². The summed E-state index contributed by atoms with van der Waals surface area (Å²) >= 11 is 1.49. The van der Waals surface area contributed by atoms with Gasteiger partial charge < -0.3 is 5.73 Å². The van der Waals surface area contributed by atoms with Gasteiger partial charge in [-0.2, -0.15) is 4.31 Å². The van der Waals surface area contributed by atoms with Crippen molar-refractivity contribution < 1.29 is 13.2 Å². The number of primary amides is 1. The lowest BCUT2D eigenvalue weighted by molar-refractivity contribution is -0.123. The Bertz CT molecular complexity index is 631. The topological polar surface area (TPSA) is 83.7 Å². The number of carbonyl (C=O) groups is 1. The van der Waals surface area contributed by atoms with Crippen molar-refractivity contribution in [2.45, 2.75) is 31.7 Å². The fraction of sp³-hybridized carbons (Fsp3) is 0.615. The van der Waals surface area contributed by atoms with E-state index in [1.807, 2.05) is 18.7 Å². The predicted molar refractivity (Wildman–Crippen MR) is 82.8 cm³/mol. The van der Waals surface area contributed by atoms with Crippen molar-refractivity contribution in [1.82, 2.24) is 9.21 Å². The van der Waals surface area contributed by atoms with Crippen molar-refractivity contribution in [3.8, 4) is 0 Å². The van der Waals surface area contributed by atoms with Crippen LogP contribution in [0.25, 0.3) is 0 Å². The number of piperazine rings is 1. The first-order valence-electron chi connectivity index (χ1n) is 6.84. The summed E-state index contributed by atoms with van der Waals surface area (Å²) in [5, 5.41) is 0. The van der Waals surface area contributed by atoms with E-state index in [0.29, 0.717) is 31.1 Å². The summed E-state index contributed by atoms with van der Waals surface area (Å²) in [7, 11) is -3.44. The van der Waals surface area contributed by atoms with Crippen molar-refractivity contribution in [1.29, 1.82) is 0 Å². The zero-order valence-electron chi connectivity index (χ0n) is 12.5. The molecule has 8 heteroatoms. The molecule has 0 aliphatic carbocycles. The number of aryl methyl sites for hydroxylation is 2. The molecule has 1 aromatic heterocycles. The van der Waals surface area contributed by atoms with Crippen molar-refractivity contribution in [2.24, 2.45) is 5.73 Å². The van der Waals surface area contributed by atoms with Gasteiger partial charge in [0.15, 0.2) is 0 Å². The maximum atomic E-state index is 12.7. The lowest BCUT2D eigenvalue weighted by Gasteiger charge is -2.36. The van der Waals surface area contributed by atoms with E-state index in [9.17, 15) is 13.2 Å². The number of carbonyl (C=O) groups excluding carboxylic acids is 1. The standard InChI is InChI=1S/C13H21N3O3S2/c1-9-8-12(11(3)20-9)21(18,19)16-6-4-15(5-7-16)10(2)13(14)17/h8,10H,4-7H2,1-3H3,(H2,14,17). The number of hydrogen-bond donors (Lipinski definition) is 1. The second kappa shape index (κ2) is 6.04. The van der Waals surface area contributed by atoms with Gasteiger partial charge in [0.2, 0.25) is 15.9 Å². The maximum absolute atomic E-state index is 12.7. The van der Waals surface area contributed by atoms with E-state index in [4.69, 9.17) is 5.73 Å². The van der Waals surface area contributed by atoms with E-state index in [1.54, 1.807) is 13.0 Å². The monoisotopic (exact) mass is 331 g/mol. The van der Waals surface area contributed by atoms with E-state index in [0.717, 1.165) is 9.75 Å². The molecule has 2 rings (SSSR count). The van der Waals surface area contributed by atoms with Crippen molar-refractivity contribution in [3.05, 3.63) is 15.8 Å². The maximum Gasteiger partial charge on any atom is 0.244 e. The normalized spacial score (nSPS) is 19.6. The van der Waals surface area contributed by atoms with Gasteiger partial charge in [0, 0.05) is 35.9 Å². The van der Waals surface area contributed by atoms with Crippen molar-refractivity contribution >= 4 is 27.3 Å². The average molecular weight is 331 g/mol. The van der Waals surface area contributed by atoms with Crippen LogP contribution >= 0.6 is 11.3 Å². The van der Waals surface area contributed by atoms with Crippen LogP contribution in [0.15, 0.2) is 11.0 Å². The molecule has 0 saturated carbocycles. The fourth-order valence-corrected chi connectivity index (χ4v) is 5.46. The molecule has 0 aromatic carbocycles. The third-order valence-electron chi connectivity index (χ3n) is 3.85. The molecule has 1 fully saturated rings. The van der Waals surface area contributed by atoms with E-state index < -0.39 is 10.0 Å². The molecule has 2 N–H and O–H groups in total. The van der Waals surface area contributed by atoms with Gasteiger partial charge in [-0.3, -0.25) is 9.69 Å². The predicted octanol–water partition coefficient (Wildman–Crippen LogP) is 0.545. The summed E-state index contributed by atoms with van der Waals surface area (Å²) in [4.78, 5) is 15.3. The van der Waals surface area contributed by atoms with Crippen LogP contribution in [0.1, 0.15) is 16.7 Å². The van der Waals surface area contributed by atoms with Gasteiger partial charge in [-0.05, 0) is 26.8 Å². The van der Waals surface area contributed by atoms with Crippen LogP contribution in [-0.2, 0) is 14.8 Å². The zero-order chi connectivity index (χ0) is 15.8. The first-order chi connectivity index (χ1) is 9.73. The summed E-state index contributed by atoms with van der Waals surface area (Å²) in [6.45, 7) is 7.29. The molecule has 1 atom stereocenters. The molecule has 1 aliphatic heterocycles. The molecule has 1 saturated heterocycles. The smallest absolute Gasteiger partial charge is 0.244 e. The molecule has 1 amide bonds. The Labute approximate surface area is 129 Å². The molecule has 0 radical (unpaired) electrons. The van der Waals surface area contributed by atoms with Gasteiger partial charge in [0.1, 0.15) is 0 Å². The Balaban J connectivity index is 2.11. The van der Waals surface area contributed by atoms with Crippen LogP contribution in [0, 0.1) is 13.8 Å². The highest BCUT2D eigenvalue weighted by Gasteiger charge is 2.32. The highest BCUT2D eigenvalue weighted by molar-refractivity contribution is 7.89. The van der Waals surface area contributed by atoms with E-state index in [2.05, 4.69) is 0 Å². The molecule has 0 bridgehead atoms. The first kappa shape index (κ1) is 16.4. The Morgan fingerprint density at radius 3 is 2.29 bits per heavy atom. The van der Waals surface area contributed by atoms with Crippen molar-refractivity contribution in [3.63, 3.8) is 0 Å². The molecule has 6 nitrogen and oxygen atoms in total. The van der Waals surface area contributed by atoms with Gasteiger partial charge in [-0.1, -0.05) is 0 Å². The Kier molecular flexibility index (Phi) is 4.72. The summed E-state index contributed by atoms with van der Waals surface area (Å²) < 4.78 is 26.8. The molecule has 21 heavy (non-hydrogen) atoms. The third-order valence-corrected chi connectivity index (χ3v) is 6.97. The Hall–Kier alpha value is -0.960. The minimum Gasteiger partial charge on any atom is -0.368 e. The van der Waals surface area contributed by atoms with Crippen LogP contribution in [0.4, 0.5) is 0 Å². The minimum atomic E-state index is -3.44. The molecule has 1 unspecified atom stereocenters. The SMILES string of the molecule is Cc1cc(S(=O)(=O)N2CCN(C(C)C(N)=O)CC2)c(C)s1. The second-order valence-electron chi connectivity index (χ2n) is 5.30. The van der Waals surface area contributed by atoms with E-state index >= 15 is 0 Å². The van der Waals surface area contributed by atoms with E-state index in [-0.39, 0.29) is 11.9 Å². The van der Waals surface area contributed by atoms with Crippen LogP contribution in [0.5, 0.6) is 0 Å². The molecule has 1 aromatic rings. The number of nitrogens with zero attached hydrogens (tertiary/aromatic N) is 2. The Morgan fingerprint density at radius 1 is 1.29 bits per heavy atom. The Morgan fingerprint density at radius 2 is 1.86 bits per heavy atom. The quantitative estimate of drug-likeness (QED) is 0.873. The van der Waals surface area contributed by atoms with E-state index in [1.165, 1.54) is 15.6 Å². The summed E-state index contributed by atoms with van der Waals surface area (Å²) in [6.07, 6.45) is 0. The van der Waals surface area contributed by atoms with Crippen LogP contribution in [0.3, 0.4) is 0 Å². The molecule has 0 spiro atoms. The fourth-order valence-electron chi connectivity index (χ4n) is 2.51. The molecule has 2 heterocycles. The number of thiophene rings is 1. The van der Waals surface area contributed by atoms with Crippen molar-refractivity contribution in [2.75, 3.05) is 26.2 Å². The second-order valence-corrected chi connectivity index (χ2v) is 8.66. The number of amides is 1. The lowest BCUT2D eigenvalue weighted by atomic mass is 10.2. The summed E-state index contributed by atoms with van der Waals surface area (Å²) in [6, 6.07) is 1.37. The van der Waals surface area contributed by atoms with Gasteiger partial charge in [0.25, 0.3) is 0 Å². The van der Waals surface area contributed by atoms with Gasteiger partial charge in [0.05, 0.1) is 10.9 Å². The number of sulfonamides is 1. The first-order valence-corrected chi connectivity index (χ1v) is 9.09. The largest absolute Gasteiger partial charge is 0.368 e. The highest BCUT2D eigenvalue weighted by Crippen LogP contribution is 2.28. The number of nitrogens with two attached hydrogens (primary N) is 1. The molecular formula is C13H21N3O3S2.